The second-order valence-corrected chi connectivity index (χ2v) is 4.05. The van der Waals surface area contributed by atoms with Crippen molar-refractivity contribution in [1.82, 2.24) is 4.90 Å². The van der Waals surface area contributed by atoms with E-state index in [-0.39, 0.29) is 0 Å². The van der Waals surface area contributed by atoms with E-state index in [0.717, 1.165) is 25.8 Å². The monoisotopic (exact) mass is 201 g/mol. The van der Waals surface area contributed by atoms with E-state index in [2.05, 4.69) is 0 Å². The molecule has 82 valence electrons. The summed E-state index contributed by atoms with van der Waals surface area (Å²) in [5, 5.41) is 18.3. The Balaban J connectivity index is 2.59. The molecule has 2 atom stereocenters. The Bertz CT molecular complexity index is 194. The molecule has 2 N–H and O–H groups in total. The first-order chi connectivity index (χ1) is 6.61. The van der Waals surface area contributed by atoms with Crippen LogP contribution in [0.5, 0.6) is 0 Å². The molecule has 0 bridgehead atoms. The lowest BCUT2D eigenvalue weighted by atomic mass is 10.1. The molecule has 14 heavy (non-hydrogen) atoms. The molecule has 1 aliphatic rings. The first-order valence-electron chi connectivity index (χ1n) is 5.26. The molecule has 4 heteroatoms. The number of likely N-dealkylation sites (tertiary alicyclic amines) is 1. The van der Waals surface area contributed by atoms with Crippen molar-refractivity contribution in [2.75, 3.05) is 13.1 Å². The summed E-state index contributed by atoms with van der Waals surface area (Å²) in [5.41, 5.74) is 0. The first kappa shape index (κ1) is 11.5. The van der Waals surface area contributed by atoms with Crippen molar-refractivity contribution < 1.29 is 15.0 Å². The zero-order valence-electron chi connectivity index (χ0n) is 8.65. The van der Waals surface area contributed by atoms with Crippen molar-refractivity contribution in [1.29, 1.82) is 0 Å². The Hall–Kier alpha value is -0.610. The number of carboxylic acids is 1. The number of aliphatic carboxylic acids is 1. The summed E-state index contributed by atoms with van der Waals surface area (Å²) >= 11 is 0. The third-order valence-corrected chi connectivity index (χ3v) is 2.65. The predicted molar refractivity (Wildman–Crippen MR) is 53.1 cm³/mol. The van der Waals surface area contributed by atoms with Gasteiger partial charge in [0.15, 0.2) is 0 Å². The number of aliphatic hydroxyl groups excluding tert-OH is 1. The fourth-order valence-electron chi connectivity index (χ4n) is 2.01. The van der Waals surface area contributed by atoms with Gasteiger partial charge in [-0.2, -0.15) is 0 Å². The van der Waals surface area contributed by atoms with E-state index < -0.39 is 18.1 Å². The summed E-state index contributed by atoms with van der Waals surface area (Å²) in [6.45, 7) is 2.96. The molecular weight excluding hydrogens is 182 g/mol. The quantitative estimate of drug-likeness (QED) is 0.705. The lowest BCUT2D eigenvalue weighted by molar-refractivity contribution is -0.143. The zero-order chi connectivity index (χ0) is 10.6. The normalized spacial score (nSPS) is 26.9. The molecule has 1 fully saturated rings. The zero-order valence-corrected chi connectivity index (χ0v) is 8.65. The summed E-state index contributed by atoms with van der Waals surface area (Å²) in [6.07, 6.45) is 3.38. The third kappa shape index (κ3) is 3.27. The highest BCUT2D eigenvalue weighted by Crippen LogP contribution is 2.17. The molecular formula is C10H19NO3. The van der Waals surface area contributed by atoms with Crippen molar-refractivity contribution in [3.05, 3.63) is 0 Å². The molecule has 0 saturated carbocycles. The Kier molecular flexibility index (Phi) is 4.35. The Morgan fingerprint density at radius 2 is 2.21 bits per heavy atom. The Labute approximate surface area is 84.5 Å². The van der Waals surface area contributed by atoms with Crippen LogP contribution in [0.3, 0.4) is 0 Å². The van der Waals surface area contributed by atoms with E-state index >= 15 is 0 Å². The van der Waals surface area contributed by atoms with E-state index in [0.29, 0.717) is 13.0 Å². The second kappa shape index (κ2) is 5.32. The molecule has 0 spiro atoms. The van der Waals surface area contributed by atoms with Crippen LogP contribution in [-0.2, 0) is 4.79 Å². The van der Waals surface area contributed by atoms with E-state index in [1.54, 1.807) is 6.92 Å². The Morgan fingerprint density at radius 3 is 2.79 bits per heavy atom. The molecule has 0 aliphatic carbocycles. The minimum Gasteiger partial charge on any atom is -0.480 e. The summed E-state index contributed by atoms with van der Waals surface area (Å²) in [4.78, 5) is 12.9. The van der Waals surface area contributed by atoms with Gasteiger partial charge in [0.1, 0.15) is 6.04 Å². The number of carboxylic acid groups (broad SMARTS) is 1. The molecule has 0 aromatic heterocycles. The predicted octanol–water partition coefficient (Wildman–Crippen LogP) is 0.696. The van der Waals surface area contributed by atoms with E-state index in [4.69, 9.17) is 5.11 Å². The smallest absolute Gasteiger partial charge is 0.320 e. The van der Waals surface area contributed by atoms with Crippen molar-refractivity contribution in [2.24, 2.45) is 0 Å². The molecule has 0 aromatic rings. The van der Waals surface area contributed by atoms with Crippen molar-refractivity contribution in [2.45, 2.75) is 44.8 Å². The average Bonchev–Trinajstić information content (AvgIpc) is 2.28. The van der Waals surface area contributed by atoms with Gasteiger partial charge < -0.3 is 10.2 Å². The summed E-state index contributed by atoms with van der Waals surface area (Å²) < 4.78 is 0. The third-order valence-electron chi connectivity index (χ3n) is 2.65. The topological polar surface area (TPSA) is 60.8 Å². The summed E-state index contributed by atoms with van der Waals surface area (Å²) in [5.74, 6) is -0.757. The molecule has 1 aliphatic heterocycles. The molecule has 1 saturated heterocycles. The lowest BCUT2D eigenvalue weighted by Gasteiger charge is -2.27. The second-order valence-electron chi connectivity index (χ2n) is 4.05. The van der Waals surface area contributed by atoms with Gasteiger partial charge in [-0.3, -0.25) is 9.69 Å². The van der Waals surface area contributed by atoms with Crippen molar-refractivity contribution in [3.63, 3.8) is 0 Å². The van der Waals surface area contributed by atoms with Crippen LogP contribution in [0.4, 0.5) is 0 Å². The molecule has 0 radical (unpaired) electrons. The molecule has 2 unspecified atom stereocenters. The minimum atomic E-state index is -0.757. The van der Waals surface area contributed by atoms with Gasteiger partial charge in [-0.1, -0.05) is 12.8 Å². The summed E-state index contributed by atoms with van der Waals surface area (Å²) in [7, 11) is 0. The maximum absolute atomic E-state index is 11.0. The van der Waals surface area contributed by atoms with Gasteiger partial charge in [0, 0.05) is 6.54 Å². The number of nitrogens with zero attached hydrogens (tertiary/aromatic N) is 1. The van der Waals surface area contributed by atoms with Crippen LogP contribution in [0.1, 0.15) is 32.6 Å². The Morgan fingerprint density at radius 1 is 1.50 bits per heavy atom. The first-order valence-corrected chi connectivity index (χ1v) is 5.26. The number of carbonyl (C=O) groups is 1. The maximum Gasteiger partial charge on any atom is 0.320 e. The summed E-state index contributed by atoms with van der Waals surface area (Å²) in [6, 6.07) is -0.396. The fourth-order valence-corrected chi connectivity index (χ4v) is 2.01. The van der Waals surface area contributed by atoms with Gasteiger partial charge in [-0.05, 0) is 26.3 Å². The van der Waals surface area contributed by atoms with E-state index in [1.807, 2.05) is 4.90 Å². The molecule has 0 aromatic carbocycles. The van der Waals surface area contributed by atoms with Crippen LogP contribution < -0.4 is 0 Å². The number of β-amino-alcohol motifs (C(OH)–C–C–N with tert-alkyl or cyclic N) is 1. The van der Waals surface area contributed by atoms with Crippen LogP contribution in [-0.4, -0.2) is 46.3 Å². The highest BCUT2D eigenvalue weighted by atomic mass is 16.4. The van der Waals surface area contributed by atoms with Gasteiger partial charge in [0.25, 0.3) is 0 Å². The van der Waals surface area contributed by atoms with Crippen molar-refractivity contribution in [3.8, 4) is 0 Å². The number of hydrogen-bond donors (Lipinski definition) is 2. The SMILES string of the molecule is CC(O)CN1CCCCCC1C(=O)O. The highest BCUT2D eigenvalue weighted by Gasteiger charge is 2.27. The standard InChI is InChI=1S/C10H19NO3/c1-8(12)7-11-6-4-2-3-5-9(11)10(13)14/h8-9,12H,2-7H2,1H3,(H,13,14). The fraction of sp³-hybridized carbons (Fsp3) is 0.900. The largest absolute Gasteiger partial charge is 0.480 e. The van der Waals surface area contributed by atoms with Gasteiger partial charge >= 0.3 is 5.97 Å². The number of hydrogen-bond acceptors (Lipinski definition) is 3. The van der Waals surface area contributed by atoms with Gasteiger partial charge in [0.05, 0.1) is 6.10 Å². The highest BCUT2D eigenvalue weighted by molar-refractivity contribution is 5.73. The van der Waals surface area contributed by atoms with E-state index in [1.165, 1.54) is 0 Å². The van der Waals surface area contributed by atoms with E-state index in [9.17, 15) is 9.90 Å². The molecule has 4 nitrogen and oxygen atoms in total. The number of aliphatic hydroxyl groups is 1. The van der Waals surface area contributed by atoms with Gasteiger partial charge in [-0.15, -0.1) is 0 Å². The van der Waals surface area contributed by atoms with Crippen LogP contribution in [0.2, 0.25) is 0 Å². The maximum atomic E-state index is 11.0. The minimum absolute atomic E-state index is 0.396. The van der Waals surface area contributed by atoms with Crippen LogP contribution in [0.25, 0.3) is 0 Å². The van der Waals surface area contributed by atoms with Crippen LogP contribution in [0, 0.1) is 0 Å². The van der Waals surface area contributed by atoms with Gasteiger partial charge in [-0.25, -0.2) is 0 Å². The average molecular weight is 201 g/mol. The van der Waals surface area contributed by atoms with Crippen LogP contribution in [0.15, 0.2) is 0 Å². The lowest BCUT2D eigenvalue weighted by Crippen LogP contribution is -2.44. The van der Waals surface area contributed by atoms with Crippen LogP contribution >= 0.6 is 0 Å². The molecule has 1 heterocycles. The number of rotatable bonds is 3. The van der Waals surface area contributed by atoms with Crippen molar-refractivity contribution >= 4 is 5.97 Å². The molecule has 0 amide bonds. The molecule has 1 rings (SSSR count). The van der Waals surface area contributed by atoms with Gasteiger partial charge in [0.2, 0.25) is 0 Å².